The zero-order valence-corrected chi connectivity index (χ0v) is 10.5. The highest BCUT2D eigenvalue weighted by Gasteiger charge is 2.32. The highest BCUT2D eigenvalue weighted by atomic mass is 19.1. The number of nitrogens with zero attached hydrogens (tertiary/aromatic N) is 1. The first kappa shape index (κ1) is 12.2. The lowest BCUT2D eigenvalue weighted by Crippen LogP contribution is -2.51. The zero-order chi connectivity index (χ0) is 12.4. The predicted octanol–water partition coefficient (Wildman–Crippen LogP) is 2.64. The molecule has 1 aromatic rings. The highest BCUT2D eigenvalue weighted by molar-refractivity contribution is 5.55. The fourth-order valence-corrected chi connectivity index (χ4v) is 2.17. The van der Waals surface area contributed by atoms with E-state index < -0.39 is 6.30 Å². The fourth-order valence-electron chi connectivity index (χ4n) is 2.17. The molecule has 0 spiro atoms. The topological polar surface area (TPSA) is 24.5 Å². The number of morpholine rings is 1. The normalized spacial score (nSPS) is 29.2. The predicted molar refractivity (Wildman–Crippen MR) is 68.2 cm³/mol. The minimum absolute atomic E-state index is 0.0565. The van der Waals surface area contributed by atoms with Gasteiger partial charge in [-0.15, -0.1) is 0 Å². The van der Waals surface area contributed by atoms with Gasteiger partial charge < -0.3 is 15.0 Å². The van der Waals surface area contributed by atoms with Crippen molar-refractivity contribution in [1.29, 1.82) is 0 Å². The summed E-state index contributed by atoms with van der Waals surface area (Å²) in [4.78, 5) is 1.76. The average molecular weight is 238 g/mol. The van der Waals surface area contributed by atoms with Crippen LogP contribution in [0.3, 0.4) is 0 Å². The molecule has 1 fully saturated rings. The maximum atomic E-state index is 14.1. The van der Waals surface area contributed by atoms with Crippen molar-refractivity contribution in [2.75, 3.05) is 23.8 Å². The van der Waals surface area contributed by atoms with E-state index in [-0.39, 0.29) is 12.2 Å². The van der Waals surface area contributed by atoms with Crippen LogP contribution in [-0.2, 0) is 4.74 Å². The Balaban J connectivity index is 2.19. The van der Waals surface area contributed by atoms with E-state index >= 15 is 0 Å². The third-order valence-electron chi connectivity index (χ3n) is 3.07. The number of halogens is 1. The van der Waals surface area contributed by atoms with E-state index in [2.05, 4.69) is 5.32 Å². The molecule has 1 aliphatic heterocycles. The van der Waals surface area contributed by atoms with Crippen molar-refractivity contribution in [3.63, 3.8) is 0 Å². The van der Waals surface area contributed by atoms with Crippen LogP contribution in [0.25, 0.3) is 0 Å². The van der Waals surface area contributed by atoms with Crippen LogP contribution in [0, 0.1) is 0 Å². The van der Waals surface area contributed by atoms with Crippen LogP contribution in [0.5, 0.6) is 0 Å². The summed E-state index contributed by atoms with van der Waals surface area (Å²) in [6.07, 6.45) is -1.41. The molecule has 0 saturated carbocycles. The van der Waals surface area contributed by atoms with E-state index in [0.717, 1.165) is 11.4 Å². The monoisotopic (exact) mass is 238 g/mol. The van der Waals surface area contributed by atoms with Gasteiger partial charge in [-0.05, 0) is 38.1 Å². The van der Waals surface area contributed by atoms with Crippen molar-refractivity contribution < 1.29 is 9.13 Å². The maximum absolute atomic E-state index is 14.1. The molecular formula is C13H19FN2O. The Morgan fingerprint density at radius 1 is 1.29 bits per heavy atom. The summed E-state index contributed by atoms with van der Waals surface area (Å²) in [5, 5.41) is 3.05. The van der Waals surface area contributed by atoms with Crippen LogP contribution >= 0.6 is 0 Å². The molecule has 3 nitrogen and oxygen atoms in total. The summed E-state index contributed by atoms with van der Waals surface area (Å²) in [5.74, 6) is 0. The molecule has 1 heterocycles. The Bertz CT molecular complexity index is 368. The minimum atomic E-state index is -1.08. The molecule has 3 atom stereocenters. The molecule has 0 bridgehead atoms. The van der Waals surface area contributed by atoms with Gasteiger partial charge in [-0.3, -0.25) is 0 Å². The lowest BCUT2D eigenvalue weighted by atomic mass is 10.1. The summed E-state index contributed by atoms with van der Waals surface area (Å²) < 4.78 is 19.5. The molecule has 2 rings (SSSR count). The summed E-state index contributed by atoms with van der Waals surface area (Å²) >= 11 is 0. The van der Waals surface area contributed by atoms with Crippen LogP contribution in [-0.4, -0.2) is 32.1 Å². The molecule has 1 N–H and O–H groups in total. The third-order valence-corrected chi connectivity index (χ3v) is 3.07. The molecule has 1 aromatic carbocycles. The number of anilines is 2. The second kappa shape index (κ2) is 4.92. The Morgan fingerprint density at radius 3 is 2.53 bits per heavy atom. The van der Waals surface area contributed by atoms with Crippen LogP contribution in [0.2, 0.25) is 0 Å². The minimum Gasteiger partial charge on any atom is -0.388 e. The Labute approximate surface area is 102 Å². The van der Waals surface area contributed by atoms with Gasteiger partial charge in [0.15, 0.2) is 6.30 Å². The average Bonchev–Trinajstić information content (AvgIpc) is 2.34. The van der Waals surface area contributed by atoms with Crippen molar-refractivity contribution >= 4 is 11.4 Å². The van der Waals surface area contributed by atoms with Crippen molar-refractivity contribution in [3.8, 4) is 0 Å². The second-order valence-corrected chi connectivity index (χ2v) is 4.47. The zero-order valence-electron chi connectivity index (χ0n) is 10.5. The van der Waals surface area contributed by atoms with E-state index in [1.54, 1.807) is 11.8 Å². The van der Waals surface area contributed by atoms with Gasteiger partial charge in [0.05, 0.1) is 6.10 Å². The maximum Gasteiger partial charge on any atom is 0.198 e. The van der Waals surface area contributed by atoms with Gasteiger partial charge in [0.2, 0.25) is 0 Å². The van der Waals surface area contributed by atoms with Crippen LogP contribution < -0.4 is 10.2 Å². The quantitative estimate of drug-likeness (QED) is 0.802. The van der Waals surface area contributed by atoms with Crippen molar-refractivity contribution in [2.24, 2.45) is 0 Å². The van der Waals surface area contributed by atoms with Crippen LogP contribution in [0.1, 0.15) is 13.8 Å². The Hall–Kier alpha value is -1.29. The number of rotatable bonds is 2. The number of nitrogens with one attached hydrogen (secondary N) is 1. The Kier molecular flexibility index (Phi) is 3.52. The molecular weight excluding hydrogens is 219 g/mol. The van der Waals surface area contributed by atoms with Crippen molar-refractivity contribution in [3.05, 3.63) is 24.3 Å². The lowest BCUT2D eigenvalue weighted by molar-refractivity contribution is -0.0614. The smallest absolute Gasteiger partial charge is 0.198 e. The van der Waals surface area contributed by atoms with E-state index in [1.165, 1.54) is 0 Å². The third kappa shape index (κ3) is 2.52. The molecule has 1 aliphatic rings. The molecule has 0 amide bonds. The van der Waals surface area contributed by atoms with Gasteiger partial charge in [-0.1, -0.05) is 0 Å². The van der Waals surface area contributed by atoms with Crippen LogP contribution in [0.4, 0.5) is 15.8 Å². The van der Waals surface area contributed by atoms with Crippen molar-refractivity contribution in [2.45, 2.75) is 32.4 Å². The number of hydrogen-bond donors (Lipinski definition) is 1. The molecule has 3 unspecified atom stereocenters. The highest BCUT2D eigenvalue weighted by Crippen LogP contribution is 2.27. The largest absolute Gasteiger partial charge is 0.388 e. The van der Waals surface area contributed by atoms with Gasteiger partial charge >= 0.3 is 0 Å². The first-order chi connectivity index (χ1) is 8.11. The van der Waals surface area contributed by atoms with Crippen LogP contribution in [0.15, 0.2) is 24.3 Å². The number of alkyl halides is 1. The van der Waals surface area contributed by atoms with Crippen molar-refractivity contribution in [1.82, 2.24) is 0 Å². The number of ether oxygens (including phenoxy) is 1. The number of hydrogen-bond acceptors (Lipinski definition) is 3. The molecule has 0 radical (unpaired) electrons. The molecule has 0 aliphatic carbocycles. The van der Waals surface area contributed by atoms with E-state index in [9.17, 15) is 4.39 Å². The standard InChI is InChI=1S/C13H19FN2O/c1-9-8-16(13(14)10(2)17-9)12-6-4-11(15-3)5-7-12/h4-7,9-10,13,15H,8H2,1-3H3. The fraction of sp³-hybridized carbons (Fsp3) is 0.538. The summed E-state index contributed by atoms with van der Waals surface area (Å²) in [6, 6.07) is 7.77. The SMILES string of the molecule is CNc1ccc(N2CC(C)OC(C)C2F)cc1. The lowest BCUT2D eigenvalue weighted by Gasteiger charge is -2.39. The van der Waals surface area contributed by atoms with E-state index in [1.807, 2.05) is 38.2 Å². The van der Waals surface area contributed by atoms with E-state index in [4.69, 9.17) is 4.74 Å². The summed E-state index contributed by atoms with van der Waals surface area (Å²) in [7, 11) is 1.87. The second-order valence-electron chi connectivity index (χ2n) is 4.47. The van der Waals surface area contributed by atoms with Gasteiger partial charge in [0, 0.05) is 25.0 Å². The number of benzene rings is 1. The van der Waals surface area contributed by atoms with E-state index in [0.29, 0.717) is 6.54 Å². The first-order valence-corrected chi connectivity index (χ1v) is 5.96. The van der Waals surface area contributed by atoms with Gasteiger partial charge in [0.1, 0.15) is 6.10 Å². The Morgan fingerprint density at radius 2 is 1.94 bits per heavy atom. The summed E-state index contributed by atoms with van der Waals surface area (Å²) in [6.45, 7) is 4.33. The molecule has 1 saturated heterocycles. The van der Waals surface area contributed by atoms with Gasteiger partial charge in [0.25, 0.3) is 0 Å². The first-order valence-electron chi connectivity index (χ1n) is 5.96. The summed E-state index contributed by atoms with van der Waals surface area (Å²) in [5.41, 5.74) is 1.93. The van der Waals surface area contributed by atoms with Gasteiger partial charge in [-0.25, -0.2) is 4.39 Å². The molecule has 0 aromatic heterocycles. The molecule has 4 heteroatoms. The van der Waals surface area contributed by atoms with Gasteiger partial charge in [-0.2, -0.15) is 0 Å². The molecule has 17 heavy (non-hydrogen) atoms. The molecule has 94 valence electrons.